The van der Waals surface area contributed by atoms with Crippen molar-refractivity contribution in [3.05, 3.63) is 58.9 Å². The molecule has 19 heavy (non-hydrogen) atoms. The molecule has 0 radical (unpaired) electrons. The molecule has 0 aliphatic heterocycles. The first-order valence-corrected chi connectivity index (χ1v) is 6.79. The Labute approximate surface area is 119 Å². The molecular formula is C15H11BrFNO. The summed E-state index contributed by atoms with van der Waals surface area (Å²) in [5.74, 6) is 0.481. The van der Waals surface area contributed by atoms with Crippen molar-refractivity contribution < 1.29 is 9.13 Å². The number of halogens is 2. The minimum Gasteiger partial charge on any atom is -0.456 e. The van der Waals surface area contributed by atoms with Gasteiger partial charge in [0.2, 0.25) is 0 Å². The van der Waals surface area contributed by atoms with Gasteiger partial charge >= 0.3 is 0 Å². The van der Waals surface area contributed by atoms with Gasteiger partial charge in [0.15, 0.2) is 0 Å². The van der Waals surface area contributed by atoms with E-state index in [9.17, 15) is 4.39 Å². The van der Waals surface area contributed by atoms with E-state index < -0.39 is 0 Å². The van der Waals surface area contributed by atoms with Crippen LogP contribution in [0.5, 0.6) is 11.5 Å². The average Bonchev–Trinajstić information content (AvgIpc) is 2.43. The maximum atomic E-state index is 13.4. The second-order valence-electron chi connectivity index (χ2n) is 4.09. The quantitative estimate of drug-likeness (QED) is 0.769. The smallest absolute Gasteiger partial charge is 0.145 e. The molecule has 0 atom stereocenters. The van der Waals surface area contributed by atoms with Gasteiger partial charge in [-0.15, -0.1) is 0 Å². The van der Waals surface area contributed by atoms with Crippen LogP contribution in [0.1, 0.15) is 16.7 Å². The van der Waals surface area contributed by atoms with Crippen LogP contribution in [0.3, 0.4) is 0 Å². The van der Waals surface area contributed by atoms with Crippen LogP contribution in [-0.4, -0.2) is 0 Å². The van der Waals surface area contributed by atoms with Crippen LogP contribution in [0.15, 0.2) is 36.4 Å². The van der Waals surface area contributed by atoms with Crippen molar-refractivity contribution in [1.82, 2.24) is 0 Å². The standard InChI is InChI=1S/C15H11BrFNO/c1-10-2-4-13(7-14(10)17)19-15-5-3-11(8-16)6-12(15)9-18/h2-7H,8H2,1H3. The fourth-order valence-corrected chi connectivity index (χ4v) is 1.95. The van der Waals surface area contributed by atoms with Gasteiger partial charge < -0.3 is 4.74 Å². The molecule has 0 aliphatic carbocycles. The molecule has 0 aromatic heterocycles. The van der Waals surface area contributed by atoms with Crippen molar-refractivity contribution in [1.29, 1.82) is 5.26 Å². The monoisotopic (exact) mass is 319 g/mol. The summed E-state index contributed by atoms with van der Waals surface area (Å²) in [5.41, 5.74) is 1.97. The van der Waals surface area contributed by atoms with Crippen LogP contribution in [0.4, 0.5) is 4.39 Å². The van der Waals surface area contributed by atoms with Crippen molar-refractivity contribution in [2.24, 2.45) is 0 Å². The van der Waals surface area contributed by atoms with E-state index in [1.54, 1.807) is 31.2 Å². The Kier molecular flexibility index (Phi) is 4.18. The van der Waals surface area contributed by atoms with Gasteiger partial charge in [-0.3, -0.25) is 0 Å². The average molecular weight is 320 g/mol. The Morgan fingerprint density at radius 2 is 2.05 bits per heavy atom. The van der Waals surface area contributed by atoms with Gasteiger partial charge in [-0.2, -0.15) is 5.26 Å². The molecule has 0 aliphatic rings. The minimum absolute atomic E-state index is 0.326. The fourth-order valence-electron chi connectivity index (χ4n) is 1.60. The molecule has 4 heteroatoms. The summed E-state index contributed by atoms with van der Waals surface area (Å²) >= 11 is 3.33. The van der Waals surface area contributed by atoms with Gasteiger partial charge in [-0.05, 0) is 36.2 Å². The van der Waals surface area contributed by atoms with E-state index in [-0.39, 0.29) is 5.82 Å². The molecule has 2 nitrogen and oxygen atoms in total. The molecular weight excluding hydrogens is 309 g/mol. The second-order valence-corrected chi connectivity index (χ2v) is 4.65. The van der Waals surface area contributed by atoms with E-state index in [0.717, 1.165) is 5.56 Å². The van der Waals surface area contributed by atoms with E-state index in [1.165, 1.54) is 6.07 Å². The molecule has 0 saturated heterocycles. The molecule has 0 bridgehead atoms. The maximum absolute atomic E-state index is 13.4. The van der Waals surface area contributed by atoms with Crippen molar-refractivity contribution >= 4 is 15.9 Å². The van der Waals surface area contributed by atoms with Gasteiger partial charge in [0.25, 0.3) is 0 Å². The Balaban J connectivity index is 2.33. The first kappa shape index (κ1) is 13.6. The van der Waals surface area contributed by atoms with Gasteiger partial charge in [-0.1, -0.05) is 28.1 Å². The molecule has 0 N–H and O–H groups in total. The largest absolute Gasteiger partial charge is 0.456 e. The first-order chi connectivity index (χ1) is 9.13. The third-order valence-electron chi connectivity index (χ3n) is 2.69. The topological polar surface area (TPSA) is 33.0 Å². The van der Waals surface area contributed by atoms with E-state index in [2.05, 4.69) is 22.0 Å². The molecule has 96 valence electrons. The van der Waals surface area contributed by atoms with Crippen molar-refractivity contribution in [3.8, 4) is 17.6 Å². The molecule has 2 aromatic carbocycles. The van der Waals surface area contributed by atoms with Crippen LogP contribution in [-0.2, 0) is 5.33 Å². The number of hydrogen-bond donors (Lipinski definition) is 0. The Bertz CT molecular complexity index is 649. The third-order valence-corrected chi connectivity index (χ3v) is 3.34. The molecule has 0 unspecified atom stereocenters. The zero-order valence-electron chi connectivity index (χ0n) is 10.3. The van der Waals surface area contributed by atoms with Gasteiger partial charge in [0, 0.05) is 11.4 Å². The van der Waals surface area contributed by atoms with E-state index in [0.29, 0.717) is 28.0 Å². The SMILES string of the molecule is Cc1ccc(Oc2ccc(CBr)cc2C#N)cc1F. The third kappa shape index (κ3) is 3.12. The molecule has 2 rings (SSSR count). The van der Waals surface area contributed by atoms with Gasteiger partial charge in [0.1, 0.15) is 23.4 Å². The highest BCUT2D eigenvalue weighted by Crippen LogP contribution is 2.27. The molecule has 0 fully saturated rings. The van der Waals surface area contributed by atoms with Crippen LogP contribution in [0, 0.1) is 24.1 Å². The molecule has 0 amide bonds. The van der Waals surface area contributed by atoms with E-state index in [4.69, 9.17) is 10.00 Å². The Morgan fingerprint density at radius 1 is 1.26 bits per heavy atom. The molecule has 0 saturated carbocycles. The van der Waals surface area contributed by atoms with Gasteiger partial charge in [-0.25, -0.2) is 4.39 Å². The van der Waals surface area contributed by atoms with Gasteiger partial charge in [0.05, 0.1) is 5.56 Å². The number of benzene rings is 2. The normalized spacial score (nSPS) is 10.0. The van der Waals surface area contributed by atoms with E-state index >= 15 is 0 Å². The summed E-state index contributed by atoms with van der Waals surface area (Å²) in [5, 5.41) is 9.76. The molecule has 0 spiro atoms. The number of nitriles is 1. The number of rotatable bonds is 3. The molecule has 2 aromatic rings. The number of hydrogen-bond acceptors (Lipinski definition) is 2. The predicted molar refractivity (Wildman–Crippen MR) is 75.0 cm³/mol. The zero-order valence-corrected chi connectivity index (χ0v) is 11.9. The zero-order chi connectivity index (χ0) is 13.8. The van der Waals surface area contributed by atoms with Crippen molar-refractivity contribution in [2.75, 3.05) is 0 Å². The lowest BCUT2D eigenvalue weighted by molar-refractivity contribution is 0.474. The highest BCUT2D eigenvalue weighted by molar-refractivity contribution is 9.08. The number of nitrogens with zero attached hydrogens (tertiary/aromatic N) is 1. The summed E-state index contributed by atoms with van der Waals surface area (Å²) in [6.45, 7) is 1.69. The lowest BCUT2D eigenvalue weighted by atomic mass is 10.1. The van der Waals surface area contributed by atoms with Crippen LogP contribution >= 0.6 is 15.9 Å². The number of alkyl halides is 1. The summed E-state index contributed by atoms with van der Waals surface area (Å²) < 4.78 is 19.0. The van der Waals surface area contributed by atoms with Crippen LogP contribution < -0.4 is 4.74 Å². The summed E-state index contributed by atoms with van der Waals surface area (Å²) in [7, 11) is 0. The number of aryl methyl sites for hydroxylation is 1. The lowest BCUT2D eigenvalue weighted by Gasteiger charge is -2.09. The van der Waals surface area contributed by atoms with Crippen molar-refractivity contribution in [3.63, 3.8) is 0 Å². The fraction of sp³-hybridized carbons (Fsp3) is 0.133. The van der Waals surface area contributed by atoms with Crippen LogP contribution in [0.2, 0.25) is 0 Å². The highest BCUT2D eigenvalue weighted by atomic mass is 79.9. The summed E-state index contributed by atoms with van der Waals surface area (Å²) in [6, 6.07) is 12.0. The minimum atomic E-state index is -0.326. The Hall–Kier alpha value is -1.86. The molecule has 0 heterocycles. The summed E-state index contributed by atoms with van der Waals surface area (Å²) in [6.07, 6.45) is 0. The second kappa shape index (κ2) is 5.85. The lowest BCUT2D eigenvalue weighted by Crippen LogP contribution is -1.91. The Morgan fingerprint density at radius 3 is 2.68 bits per heavy atom. The highest BCUT2D eigenvalue weighted by Gasteiger charge is 2.07. The number of ether oxygens (including phenoxy) is 1. The van der Waals surface area contributed by atoms with E-state index in [1.807, 2.05) is 6.07 Å². The first-order valence-electron chi connectivity index (χ1n) is 5.67. The van der Waals surface area contributed by atoms with Crippen LogP contribution in [0.25, 0.3) is 0 Å². The summed E-state index contributed by atoms with van der Waals surface area (Å²) in [4.78, 5) is 0. The van der Waals surface area contributed by atoms with Crippen molar-refractivity contribution in [2.45, 2.75) is 12.3 Å². The predicted octanol–water partition coefficient (Wildman–Crippen LogP) is 4.69. The maximum Gasteiger partial charge on any atom is 0.145 e.